The van der Waals surface area contributed by atoms with Crippen molar-refractivity contribution in [3.05, 3.63) is 42.0 Å². The smallest absolute Gasteiger partial charge is 0.411 e. The van der Waals surface area contributed by atoms with E-state index < -0.39 is 14.4 Å². The Bertz CT molecular complexity index is 953. The molecular formula is C25H36N2O5Si. The largest absolute Gasteiger partial charge is 0.445 e. The van der Waals surface area contributed by atoms with Gasteiger partial charge in [0.05, 0.1) is 18.1 Å². The number of hydrogen-bond acceptors (Lipinski definition) is 5. The molecule has 1 heterocycles. The van der Waals surface area contributed by atoms with Crippen LogP contribution < -0.4 is 10.6 Å². The average molecular weight is 473 g/mol. The predicted octanol–water partition coefficient (Wildman–Crippen LogP) is 4.69. The third-order valence-electron chi connectivity index (χ3n) is 7.24. The molecule has 3 rings (SSSR count). The van der Waals surface area contributed by atoms with E-state index >= 15 is 0 Å². The SMILES string of the molecule is C=CCOC(=O)Nc1ccc2c(c1)CCC([C@H]1NC(=O)[C@@H]1[C@@H](C)O[Si](C)(C)C(C)(C)C)C2=O. The van der Waals surface area contributed by atoms with E-state index in [9.17, 15) is 14.4 Å². The first-order valence-corrected chi connectivity index (χ1v) is 14.5. The highest BCUT2D eigenvalue weighted by atomic mass is 28.4. The van der Waals surface area contributed by atoms with Crippen molar-refractivity contribution in [1.29, 1.82) is 0 Å². The summed E-state index contributed by atoms with van der Waals surface area (Å²) < 4.78 is 11.4. The topological polar surface area (TPSA) is 93.7 Å². The van der Waals surface area contributed by atoms with E-state index in [1.165, 1.54) is 6.08 Å². The first-order valence-electron chi connectivity index (χ1n) is 11.6. The maximum atomic E-state index is 13.3. The lowest BCUT2D eigenvalue weighted by molar-refractivity contribution is -0.141. The van der Waals surface area contributed by atoms with E-state index in [-0.39, 0.29) is 47.3 Å². The van der Waals surface area contributed by atoms with Crippen LogP contribution in [0.25, 0.3) is 0 Å². The number of amides is 2. The lowest BCUT2D eigenvalue weighted by Gasteiger charge is -2.48. The number of carbonyl (C=O) groups excluding carboxylic acids is 3. The third-order valence-corrected chi connectivity index (χ3v) is 11.8. The van der Waals surface area contributed by atoms with Gasteiger partial charge in [0.15, 0.2) is 14.1 Å². The molecule has 0 radical (unpaired) electrons. The molecule has 4 atom stereocenters. The minimum Gasteiger partial charge on any atom is -0.445 e. The van der Waals surface area contributed by atoms with Gasteiger partial charge in [0.1, 0.15) is 6.61 Å². The number of aryl methyl sites for hydroxylation is 1. The van der Waals surface area contributed by atoms with Crippen LogP contribution in [0.15, 0.2) is 30.9 Å². The van der Waals surface area contributed by atoms with Gasteiger partial charge in [0.2, 0.25) is 5.91 Å². The van der Waals surface area contributed by atoms with Crippen LogP contribution in [0.1, 0.15) is 50.0 Å². The molecule has 1 aromatic carbocycles. The summed E-state index contributed by atoms with van der Waals surface area (Å²) in [6, 6.07) is 5.05. The highest BCUT2D eigenvalue weighted by Crippen LogP contribution is 2.41. The van der Waals surface area contributed by atoms with Crippen molar-refractivity contribution < 1.29 is 23.5 Å². The number of hydrogen-bond donors (Lipinski definition) is 2. The molecule has 0 bridgehead atoms. The Balaban J connectivity index is 1.71. The molecule has 0 aromatic heterocycles. The number of ketones is 1. The molecule has 33 heavy (non-hydrogen) atoms. The molecule has 7 nitrogen and oxygen atoms in total. The van der Waals surface area contributed by atoms with Crippen LogP contribution in [0.4, 0.5) is 10.5 Å². The van der Waals surface area contributed by atoms with Gasteiger partial charge in [0.25, 0.3) is 0 Å². The number of anilines is 1. The molecule has 1 fully saturated rings. The second kappa shape index (κ2) is 9.42. The first kappa shape index (κ1) is 25.2. The zero-order valence-electron chi connectivity index (χ0n) is 20.5. The minimum absolute atomic E-state index is 0.0339. The maximum Gasteiger partial charge on any atom is 0.411 e. The van der Waals surface area contributed by atoms with Gasteiger partial charge in [-0.05, 0) is 61.7 Å². The van der Waals surface area contributed by atoms with Crippen LogP contribution in [0.2, 0.25) is 18.1 Å². The molecule has 180 valence electrons. The van der Waals surface area contributed by atoms with Crippen LogP contribution in [-0.4, -0.2) is 44.9 Å². The van der Waals surface area contributed by atoms with Crippen molar-refractivity contribution in [1.82, 2.24) is 5.32 Å². The molecule has 2 N–H and O–H groups in total. The van der Waals surface area contributed by atoms with Crippen LogP contribution in [0.5, 0.6) is 0 Å². The molecule has 1 unspecified atom stereocenters. The third kappa shape index (κ3) is 5.22. The zero-order valence-corrected chi connectivity index (χ0v) is 21.5. The molecule has 2 aliphatic rings. The van der Waals surface area contributed by atoms with Gasteiger partial charge in [-0.15, -0.1) is 0 Å². The quantitative estimate of drug-likeness (QED) is 0.341. The minimum atomic E-state index is -2.04. The van der Waals surface area contributed by atoms with Crippen molar-refractivity contribution in [2.75, 3.05) is 11.9 Å². The average Bonchev–Trinajstić information content (AvgIpc) is 2.69. The molecule has 0 saturated carbocycles. The second-order valence-corrected chi connectivity index (χ2v) is 15.3. The summed E-state index contributed by atoms with van der Waals surface area (Å²) in [4.78, 5) is 37.6. The standard InChI is InChI=1S/C25H36N2O5Si/c1-8-13-31-24(30)26-17-10-12-18-16(14-17)9-11-19(22(18)28)21-20(23(29)27-21)15(2)32-33(6,7)25(3,4)5/h8,10,12,14-15,19-21H,1,9,11,13H2,2-7H3,(H,26,30)(H,27,29)/t15-,19?,20-,21-/m1/s1. The first-order chi connectivity index (χ1) is 15.4. The highest BCUT2D eigenvalue weighted by molar-refractivity contribution is 6.74. The summed E-state index contributed by atoms with van der Waals surface area (Å²) in [5.41, 5.74) is 2.12. The molecule has 2 amide bonds. The number of carbonyl (C=O) groups is 3. The molecule has 8 heteroatoms. The monoisotopic (exact) mass is 472 g/mol. The molecule has 0 spiro atoms. The van der Waals surface area contributed by atoms with Gasteiger partial charge in [-0.1, -0.05) is 33.4 Å². The summed E-state index contributed by atoms with van der Waals surface area (Å²) in [5, 5.41) is 5.69. The van der Waals surface area contributed by atoms with Gasteiger partial charge in [0, 0.05) is 17.2 Å². The molecule has 1 saturated heterocycles. The van der Waals surface area contributed by atoms with Crippen molar-refractivity contribution in [3.63, 3.8) is 0 Å². The Morgan fingerprint density at radius 2 is 2.03 bits per heavy atom. The Morgan fingerprint density at radius 1 is 1.33 bits per heavy atom. The number of rotatable bonds is 7. The summed E-state index contributed by atoms with van der Waals surface area (Å²) in [6.07, 6.45) is 2.03. The summed E-state index contributed by atoms with van der Waals surface area (Å²) in [7, 11) is -2.04. The summed E-state index contributed by atoms with van der Waals surface area (Å²) in [5.74, 6) is -0.605. The number of benzene rings is 1. The van der Waals surface area contributed by atoms with Gasteiger partial charge in [-0.2, -0.15) is 0 Å². The van der Waals surface area contributed by atoms with E-state index in [1.54, 1.807) is 12.1 Å². The van der Waals surface area contributed by atoms with Crippen LogP contribution in [-0.2, 0) is 20.4 Å². The van der Waals surface area contributed by atoms with E-state index in [0.29, 0.717) is 24.1 Å². The van der Waals surface area contributed by atoms with E-state index in [4.69, 9.17) is 9.16 Å². The number of fused-ring (bicyclic) bond motifs is 1. The second-order valence-electron chi connectivity index (χ2n) is 10.5. The number of nitrogens with one attached hydrogen (secondary N) is 2. The fourth-order valence-corrected chi connectivity index (χ4v) is 5.81. The Hall–Kier alpha value is -2.45. The van der Waals surface area contributed by atoms with E-state index in [1.807, 2.05) is 13.0 Å². The van der Waals surface area contributed by atoms with Crippen LogP contribution in [0.3, 0.4) is 0 Å². The fraction of sp³-hybridized carbons (Fsp3) is 0.560. The van der Waals surface area contributed by atoms with E-state index in [0.717, 1.165) is 5.56 Å². The van der Waals surface area contributed by atoms with Gasteiger partial charge >= 0.3 is 6.09 Å². The molecule has 1 aromatic rings. The fourth-order valence-electron chi connectivity index (χ4n) is 4.38. The van der Waals surface area contributed by atoms with Gasteiger partial charge < -0.3 is 14.5 Å². The van der Waals surface area contributed by atoms with Crippen molar-refractivity contribution >= 4 is 31.8 Å². The van der Waals surface area contributed by atoms with Gasteiger partial charge in [-0.3, -0.25) is 14.9 Å². The lowest BCUT2D eigenvalue weighted by Crippen LogP contribution is -2.67. The summed E-state index contributed by atoms with van der Waals surface area (Å²) in [6.45, 7) is 16.5. The molecular weight excluding hydrogens is 436 g/mol. The normalized spacial score (nSPS) is 23.6. The molecule has 1 aliphatic carbocycles. The van der Waals surface area contributed by atoms with Crippen molar-refractivity contribution in [2.45, 2.75) is 70.8 Å². The van der Waals surface area contributed by atoms with E-state index in [2.05, 4.69) is 51.1 Å². The summed E-state index contributed by atoms with van der Waals surface area (Å²) >= 11 is 0. The zero-order chi connectivity index (χ0) is 24.6. The number of Topliss-reactive ketones (excluding diaryl/α,β-unsaturated/α-hetero) is 1. The van der Waals surface area contributed by atoms with Crippen LogP contribution >= 0.6 is 0 Å². The Morgan fingerprint density at radius 3 is 2.64 bits per heavy atom. The Kier molecular flexibility index (Phi) is 7.19. The van der Waals surface area contributed by atoms with Crippen molar-refractivity contribution in [2.24, 2.45) is 11.8 Å². The number of β-lactam (4-membered cyclic amide) rings is 1. The van der Waals surface area contributed by atoms with Crippen molar-refractivity contribution in [3.8, 4) is 0 Å². The number of ether oxygens (including phenoxy) is 1. The Labute approximate surface area is 197 Å². The maximum absolute atomic E-state index is 13.3. The predicted molar refractivity (Wildman–Crippen MR) is 131 cm³/mol. The van der Waals surface area contributed by atoms with Gasteiger partial charge in [-0.25, -0.2) is 4.79 Å². The lowest BCUT2D eigenvalue weighted by atomic mass is 9.70. The highest BCUT2D eigenvalue weighted by Gasteiger charge is 2.52. The molecule has 1 aliphatic heterocycles. The van der Waals surface area contributed by atoms with Crippen LogP contribution in [0, 0.1) is 11.8 Å².